The third-order valence-electron chi connectivity index (χ3n) is 0.806. The number of alkyl halides is 4. The van der Waals surface area contributed by atoms with Gasteiger partial charge < -0.3 is 0 Å². The summed E-state index contributed by atoms with van der Waals surface area (Å²) in [5.74, 6) is 0.899. The highest BCUT2D eigenvalue weighted by Crippen LogP contribution is 1.97. The fourth-order valence-electron chi connectivity index (χ4n) is 0.126. The average Bonchev–Trinajstić information content (AvgIpc) is 2.16. The summed E-state index contributed by atoms with van der Waals surface area (Å²) in [5.41, 5.74) is 0. The van der Waals surface area contributed by atoms with Gasteiger partial charge in [0.05, 0.1) is 10.8 Å². The standard InChI is InChI=1S/2C4H6Cl2/c2*1-2-4(6)3-5/h2*2,4H,1,3H2. The van der Waals surface area contributed by atoms with Crippen molar-refractivity contribution in [3.05, 3.63) is 25.3 Å². The molecule has 4 heteroatoms. The Kier molecular flexibility index (Phi) is 14.7. The minimum absolute atomic E-state index is 0.0633. The molecule has 72 valence electrons. The van der Waals surface area contributed by atoms with Crippen LogP contribution in [0.2, 0.25) is 0 Å². The molecule has 0 radical (unpaired) electrons. The molecule has 0 amide bonds. The van der Waals surface area contributed by atoms with E-state index in [-0.39, 0.29) is 10.8 Å². The van der Waals surface area contributed by atoms with E-state index in [9.17, 15) is 0 Å². The topological polar surface area (TPSA) is 0 Å². The third-order valence-corrected chi connectivity index (χ3v) is 2.45. The van der Waals surface area contributed by atoms with Gasteiger partial charge in [-0.1, -0.05) is 12.2 Å². The van der Waals surface area contributed by atoms with Crippen molar-refractivity contribution in [2.45, 2.75) is 10.8 Å². The molecule has 0 N–H and O–H groups in total. The summed E-state index contributed by atoms with van der Waals surface area (Å²) in [5, 5.41) is -0.127. The van der Waals surface area contributed by atoms with Crippen molar-refractivity contribution in [1.82, 2.24) is 0 Å². The van der Waals surface area contributed by atoms with Crippen LogP contribution >= 0.6 is 46.4 Å². The van der Waals surface area contributed by atoms with E-state index in [1.54, 1.807) is 12.2 Å². The van der Waals surface area contributed by atoms with Gasteiger partial charge >= 0.3 is 0 Å². The van der Waals surface area contributed by atoms with Crippen LogP contribution in [-0.4, -0.2) is 22.5 Å². The Morgan fingerprint density at radius 1 is 0.917 bits per heavy atom. The van der Waals surface area contributed by atoms with Gasteiger partial charge in [0.1, 0.15) is 0 Å². The van der Waals surface area contributed by atoms with Gasteiger partial charge in [-0.25, -0.2) is 0 Å². The molecule has 0 nitrogen and oxygen atoms in total. The highest BCUT2D eigenvalue weighted by molar-refractivity contribution is 6.29. The van der Waals surface area contributed by atoms with Crippen molar-refractivity contribution in [1.29, 1.82) is 0 Å². The van der Waals surface area contributed by atoms with E-state index >= 15 is 0 Å². The number of allylic oxidation sites excluding steroid dienone is 2. The maximum Gasteiger partial charge on any atom is 0.0648 e. The zero-order valence-corrected chi connectivity index (χ0v) is 9.67. The fourth-order valence-corrected chi connectivity index (χ4v) is 0.378. The highest BCUT2D eigenvalue weighted by Gasteiger charge is 1.90. The maximum atomic E-state index is 5.40. The molecule has 2 atom stereocenters. The van der Waals surface area contributed by atoms with Crippen molar-refractivity contribution in [3.63, 3.8) is 0 Å². The SMILES string of the molecule is C=CC(Cl)CCl.C=CC(Cl)CCl. The Labute approximate surface area is 94.1 Å². The molecule has 0 aromatic heterocycles. The summed E-state index contributed by atoms with van der Waals surface area (Å²) in [6.45, 7) is 6.83. The van der Waals surface area contributed by atoms with Crippen molar-refractivity contribution < 1.29 is 0 Å². The number of hydrogen-bond donors (Lipinski definition) is 0. The van der Waals surface area contributed by atoms with Crippen LogP contribution in [0.1, 0.15) is 0 Å². The minimum atomic E-state index is -0.0633. The van der Waals surface area contributed by atoms with Crippen LogP contribution in [0.25, 0.3) is 0 Å². The summed E-state index contributed by atoms with van der Waals surface area (Å²) in [6.07, 6.45) is 3.21. The molecule has 0 aliphatic carbocycles. The molecule has 12 heavy (non-hydrogen) atoms. The first-order valence-electron chi connectivity index (χ1n) is 3.27. The summed E-state index contributed by atoms with van der Waals surface area (Å²) in [7, 11) is 0. The predicted molar refractivity (Wildman–Crippen MR) is 61.1 cm³/mol. The highest BCUT2D eigenvalue weighted by atomic mass is 35.5. The summed E-state index contributed by atoms with van der Waals surface area (Å²) in [4.78, 5) is 0. The molecular weight excluding hydrogens is 238 g/mol. The first kappa shape index (κ1) is 15.1. The lowest BCUT2D eigenvalue weighted by atomic mass is 10.5. The second-order valence-electron chi connectivity index (χ2n) is 1.81. The fraction of sp³-hybridized carbons (Fsp3) is 0.500. The Morgan fingerprint density at radius 3 is 1.17 bits per heavy atom. The van der Waals surface area contributed by atoms with Crippen molar-refractivity contribution in [3.8, 4) is 0 Å². The summed E-state index contributed by atoms with van der Waals surface area (Å²) >= 11 is 21.3. The van der Waals surface area contributed by atoms with E-state index in [1.807, 2.05) is 0 Å². The van der Waals surface area contributed by atoms with Crippen LogP contribution in [0.5, 0.6) is 0 Å². The largest absolute Gasteiger partial charge is 0.125 e. The van der Waals surface area contributed by atoms with Crippen LogP contribution < -0.4 is 0 Å². The van der Waals surface area contributed by atoms with Gasteiger partial charge in [0.2, 0.25) is 0 Å². The van der Waals surface area contributed by atoms with Gasteiger partial charge in [-0.15, -0.1) is 59.6 Å². The normalized spacial score (nSPS) is 13.7. The first-order valence-corrected chi connectivity index (χ1v) is 5.21. The van der Waals surface area contributed by atoms with Gasteiger partial charge in [0, 0.05) is 11.8 Å². The third kappa shape index (κ3) is 13.2. The van der Waals surface area contributed by atoms with Gasteiger partial charge in [-0.05, 0) is 0 Å². The molecule has 0 aliphatic heterocycles. The molecule has 2 unspecified atom stereocenters. The van der Waals surface area contributed by atoms with E-state index in [0.717, 1.165) is 0 Å². The van der Waals surface area contributed by atoms with Gasteiger partial charge in [-0.2, -0.15) is 0 Å². The molecular formula is C8H12Cl4. The second-order valence-corrected chi connectivity index (χ2v) is 3.55. The molecule has 0 heterocycles. The van der Waals surface area contributed by atoms with Gasteiger partial charge in [-0.3, -0.25) is 0 Å². The lowest BCUT2D eigenvalue weighted by Gasteiger charge is -1.89. The molecule has 0 aromatic carbocycles. The summed E-state index contributed by atoms with van der Waals surface area (Å²) in [6, 6.07) is 0. The number of hydrogen-bond acceptors (Lipinski definition) is 0. The lowest BCUT2D eigenvalue weighted by Crippen LogP contribution is -1.90. The zero-order valence-electron chi connectivity index (χ0n) is 6.65. The smallest absolute Gasteiger partial charge is 0.0648 e. The molecule has 0 aliphatic rings. The van der Waals surface area contributed by atoms with Crippen LogP contribution in [0.4, 0.5) is 0 Å². The Hall–Kier alpha value is 0.640. The Morgan fingerprint density at radius 2 is 1.17 bits per heavy atom. The van der Waals surface area contributed by atoms with E-state index in [4.69, 9.17) is 46.4 Å². The van der Waals surface area contributed by atoms with E-state index in [2.05, 4.69) is 13.2 Å². The van der Waals surface area contributed by atoms with Crippen LogP contribution in [0.3, 0.4) is 0 Å². The minimum Gasteiger partial charge on any atom is -0.125 e. The Bertz CT molecular complexity index is 99.6. The Balaban J connectivity index is 0. The molecule has 0 rings (SSSR count). The molecule has 0 spiro atoms. The molecule has 0 bridgehead atoms. The van der Waals surface area contributed by atoms with E-state index in [1.165, 1.54) is 0 Å². The summed E-state index contributed by atoms with van der Waals surface area (Å²) < 4.78 is 0. The first-order chi connectivity index (χ1) is 5.62. The maximum absolute atomic E-state index is 5.40. The van der Waals surface area contributed by atoms with Crippen LogP contribution in [-0.2, 0) is 0 Å². The monoisotopic (exact) mass is 248 g/mol. The molecule has 0 saturated heterocycles. The van der Waals surface area contributed by atoms with Crippen molar-refractivity contribution >= 4 is 46.4 Å². The predicted octanol–water partition coefficient (Wildman–Crippen LogP) is 4.04. The van der Waals surface area contributed by atoms with Crippen LogP contribution in [0, 0.1) is 0 Å². The molecule has 0 saturated carbocycles. The van der Waals surface area contributed by atoms with Gasteiger partial charge in [0.25, 0.3) is 0 Å². The quantitative estimate of drug-likeness (QED) is 0.521. The van der Waals surface area contributed by atoms with E-state index < -0.39 is 0 Å². The van der Waals surface area contributed by atoms with Crippen LogP contribution in [0.15, 0.2) is 25.3 Å². The second kappa shape index (κ2) is 11.6. The zero-order chi connectivity index (χ0) is 9.98. The lowest BCUT2D eigenvalue weighted by molar-refractivity contribution is 1.25. The van der Waals surface area contributed by atoms with Gasteiger partial charge in [0.15, 0.2) is 0 Å². The average molecular weight is 250 g/mol. The number of halogens is 4. The molecule has 0 aromatic rings. The van der Waals surface area contributed by atoms with E-state index in [0.29, 0.717) is 11.8 Å². The number of rotatable bonds is 4. The molecule has 0 fully saturated rings. The van der Waals surface area contributed by atoms with Crippen molar-refractivity contribution in [2.75, 3.05) is 11.8 Å². The van der Waals surface area contributed by atoms with Crippen molar-refractivity contribution in [2.24, 2.45) is 0 Å².